The number of piperidine rings is 1. The van der Waals surface area contributed by atoms with Crippen molar-refractivity contribution in [1.82, 2.24) is 15.2 Å². The molecule has 2 saturated heterocycles. The van der Waals surface area contributed by atoms with Gasteiger partial charge in [-0.1, -0.05) is 18.0 Å². The second-order valence-corrected chi connectivity index (χ2v) is 5.95. The number of halogens is 1. The molecule has 2 atom stereocenters. The molecular formula is C14H19ClN4O. The van der Waals surface area contributed by atoms with Crippen LogP contribution in [0.25, 0.3) is 0 Å². The number of nitrogens with zero attached hydrogens (tertiary/aromatic N) is 2. The Hall–Kier alpha value is -1.33. The zero-order valence-corrected chi connectivity index (χ0v) is 12.1. The van der Waals surface area contributed by atoms with Crippen molar-refractivity contribution in [3.63, 3.8) is 0 Å². The molecule has 0 aliphatic carbocycles. The van der Waals surface area contributed by atoms with Gasteiger partial charge in [-0.25, -0.2) is 4.98 Å². The van der Waals surface area contributed by atoms with Crippen molar-refractivity contribution < 1.29 is 4.79 Å². The fourth-order valence-electron chi connectivity index (χ4n) is 3.30. The van der Waals surface area contributed by atoms with Gasteiger partial charge in [-0.3, -0.25) is 9.69 Å². The van der Waals surface area contributed by atoms with Crippen LogP contribution < -0.4 is 11.1 Å². The van der Waals surface area contributed by atoms with E-state index in [2.05, 4.69) is 15.2 Å². The monoisotopic (exact) mass is 294 g/mol. The lowest BCUT2D eigenvalue weighted by Gasteiger charge is -2.32. The third-order valence-electron chi connectivity index (χ3n) is 4.32. The highest BCUT2D eigenvalue weighted by atomic mass is 35.5. The number of nitrogen functional groups attached to an aromatic ring is 1. The SMILES string of the molecule is Nc1cnc(Cl)cc1C(=O)NC1CCN2CCCCC12. The highest BCUT2D eigenvalue weighted by molar-refractivity contribution is 6.29. The number of hydrogen-bond donors (Lipinski definition) is 2. The van der Waals surface area contributed by atoms with Crippen molar-refractivity contribution in [3.05, 3.63) is 23.0 Å². The number of fused-ring (bicyclic) bond motifs is 1. The lowest BCUT2D eigenvalue weighted by molar-refractivity contribution is 0.0916. The van der Waals surface area contributed by atoms with E-state index in [4.69, 9.17) is 17.3 Å². The van der Waals surface area contributed by atoms with Gasteiger partial charge in [-0.15, -0.1) is 0 Å². The van der Waals surface area contributed by atoms with Crippen LogP contribution in [0.2, 0.25) is 5.15 Å². The number of nitrogens with one attached hydrogen (secondary N) is 1. The first-order chi connectivity index (χ1) is 9.65. The molecule has 0 radical (unpaired) electrons. The molecule has 2 aliphatic rings. The molecule has 0 spiro atoms. The van der Waals surface area contributed by atoms with Gasteiger partial charge in [0.25, 0.3) is 5.91 Å². The van der Waals surface area contributed by atoms with Crippen LogP contribution in [0.1, 0.15) is 36.0 Å². The number of hydrogen-bond acceptors (Lipinski definition) is 4. The number of nitrogens with two attached hydrogens (primary N) is 1. The van der Waals surface area contributed by atoms with E-state index in [1.807, 2.05) is 0 Å². The van der Waals surface area contributed by atoms with Crippen molar-refractivity contribution in [1.29, 1.82) is 0 Å². The zero-order valence-electron chi connectivity index (χ0n) is 11.3. The summed E-state index contributed by atoms with van der Waals surface area (Å²) < 4.78 is 0. The maximum Gasteiger partial charge on any atom is 0.253 e. The molecule has 0 saturated carbocycles. The maximum absolute atomic E-state index is 12.4. The van der Waals surface area contributed by atoms with Gasteiger partial charge in [0.05, 0.1) is 17.4 Å². The van der Waals surface area contributed by atoms with E-state index in [-0.39, 0.29) is 17.1 Å². The molecule has 3 heterocycles. The largest absolute Gasteiger partial charge is 0.397 e. The third kappa shape index (κ3) is 2.60. The molecule has 20 heavy (non-hydrogen) atoms. The van der Waals surface area contributed by atoms with Crippen molar-refractivity contribution in [2.45, 2.75) is 37.8 Å². The number of carbonyl (C=O) groups is 1. The normalized spacial score (nSPS) is 26.2. The Morgan fingerprint density at radius 1 is 1.40 bits per heavy atom. The Morgan fingerprint density at radius 3 is 3.10 bits per heavy atom. The molecule has 2 unspecified atom stereocenters. The fourth-order valence-corrected chi connectivity index (χ4v) is 3.46. The predicted octanol–water partition coefficient (Wildman–Crippen LogP) is 1.67. The molecule has 2 aliphatic heterocycles. The molecule has 1 amide bonds. The standard InChI is InChI=1S/C14H19ClN4O/c15-13-7-9(10(16)8-17-13)14(20)18-11-4-6-19-5-2-1-3-12(11)19/h7-8,11-12H,1-6,16H2,(H,18,20). The van der Waals surface area contributed by atoms with Crippen molar-refractivity contribution >= 4 is 23.2 Å². The highest BCUT2D eigenvalue weighted by Gasteiger charge is 2.36. The minimum atomic E-state index is -0.149. The molecule has 0 aromatic carbocycles. The average Bonchev–Trinajstić information content (AvgIpc) is 2.85. The first-order valence-electron chi connectivity index (χ1n) is 7.11. The van der Waals surface area contributed by atoms with Gasteiger partial charge in [0.1, 0.15) is 5.15 Å². The van der Waals surface area contributed by atoms with Gasteiger partial charge in [0.2, 0.25) is 0 Å². The van der Waals surface area contributed by atoms with Gasteiger partial charge < -0.3 is 11.1 Å². The van der Waals surface area contributed by atoms with Crippen molar-refractivity contribution in [3.8, 4) is 0 Å². The summed E-state index contributed by atoms with van der Waals surface area (Å²) in [7, 11) is 0. The van der Waals surface area contributed by atoms with Crippen molar-refractivity contribution in [2.75, 3.05) is 18.8 Å². The minimum Gasteiger partial charge on any atom is -0.397 e. The number of aromatic nitrogens is 1. The lowest BCUT2D eigenvalue weighted by atomic mass is 9.99. The van der Waals surface area contributed by atoms with E-state index < -0.39 is 0 Å². The van der Waals surface area contributed by atoms with Crippen molar-refractivity contribution in [2.24, 2.45) is 0 Å². The van der Waals surface area contributed by atoms with Crippen LogP contribution in [-0.4, -0.2) is 41.0 Å². The molecule has 108 valence electrons. The lowest BCUT2D eigenvalue weighted by Crippen LogP contribution is -2.46. The van der Waals surface area contributed by atoms with Crippen LogP contribution in [0.3, 0.4) is 0 Å². The van der Waals surface area contributed by atoms with Gasteiger partial charge in [-0.2, -0.15) is 0 Å². The first kappa shape index (κ1) is 13.6. The summed E-state index contributed by atoms with van der Waals surface area (Å²) in [5.41, 5.74) is 6.59. The van der Waals surface area contributed by atoms with E-state index in [9.17, 15) is 4.79 Å². The number of rotatable bonds is 2. The Morgan fingerprint density at radius 2 is 2.25 bits per heavy atom. The second-order valence-electron chi connectivity index (χ2n) is 5.56. The zero-order chi connectivity index (χ0) is 14.1. The molecule has 3 N–H and O–H groups in total. The summed E-state index contributed by atoms with van der Waals surface area (Å²) in [5, 5.41) is 3.40. The second kappa shape index (κ2) is 5.58. The molecule has 0 bridgehead atoms. The first-order valence-corrected chi connectivity index (χ1v) is 7.49. The van der Waals surface area contributed by atoms with E-state index >= 15 is 0 Å². The molecule has 1 aromatic heterocycles. The van der Waals surface area contributed by atoms with Crippen LogP contribution in [0.5, 0.6) is 0 Å². The van der Waals surface area contributed by atoms with Gasteiger partial charge in [-0.05, 0) is 31.9 Å². The number of anilines is 1. The Bertz CT molecular complexity index is 522. The molecule has 3 rings (SSSR count). The van der Waals surface area contributed by atoms with Gasteiger partial charge in [0.15, 0.2) is 0 Å². The Balaban J connectivity index is 1.71. The van der Waals surface area contributed by atoms with Gasteiger partial charge >= 0.3 is 0 Å². The van der Waals surface area contributed by atoms with E-state index in [1.165, 1.54) is 25.1 Å². The fraction of sp³-hybridized carbons (Fsp3) is 0.571. The molecule has 2 fully saturated rings. The molecular weight excluding hydrogens is 276 g/mol. The van der Waals surface area contributed by atoms with E-state index in [1.54, 1.807) is 0 Å². The summed E-state index contributed by atoms with van der Waals surface area (Å²) in [6, 6.07) is 2.22. The predicted molar refractivity (Wildman–Crippen MR) is 78.7 cm³/mol. The van der Waals surface area contributed by atoms with Crippen LogP contribution in [0.15, 0.2) is 12.3 Å². The third-order valence-corrected chi connectivity index (χ3v) is 4.53. The van der Waals surface area contributed by atoms with E-state index in [0.29, 0.717) is 17.3 Å². The number of amides is 1. The Kier molecular flexibility index (Phi) is 3.81. The van der Waals surface area contributed by atoms with E-state index in [0.717, 1.165) is 25.9 Å². The van der Waals surface area contributed by atoms with Crippen LogP contribution >= 0.6 is 11.6 Å². The van der Waals surface area contributed by atoms with Crippen LogP contribution in [-0.2, 0) is 0 Å². The summed E-state index contributed by atoms with van der Waals surface area (Å²) in [4.78, 5) is 18.7. The molecule has 6 heteroatoms. The minimum absolute atomic E-state index is 0.149. The van der Waals surface area contributed by atoms with Crippen LogP contribution in [0, 0.1) is 0 Å². The maximum atomic E-state index is 12.4. The highest BCUT2D eigenvalue weighted by Crippen LogP contribution is 2.27. The quantitative estimate of drug-likeness (QED) is 0.814. The summed E-state index contributed by atoms with van der Waals surface area (Å²) in [5.74, 6) is -0.149. The summed E-state index contributed by atoms with van der Waals surface area (Å²) in [6.45, 7) is 2.22. The smallest absolute Gasteiger partial charge is 0.253 e. The van der Waals surface area contributed by atoms with Gasteiger partial charge in [0, 0.05) is 18.6 Å². The average molecular weight is 295 g/mol. The topological polar surface area (TPSA) is 71.2 Å². The number of carbonyl (C=O) groups excluding carboxylic acids is 1. The Labute approximate surface area is 123 Å². The van der Waals surface area contributed by atoms with Crippen LogP contribution in [0.4, 0.5) is 5.69 Å². The molecule has 5 nitrogen and oxygen atoms in total. The summed E-state index contributed by atoms with van der Waals surface area (Å²) >= 11 is 5.83. The molecule has 1 aromatic rings. The summed E-state index contributed by atoms with van der Waals surface area (Å²) in [6.07, 6.45) is 6.12. The number of pyridine rings is 1.